The van der Waals surface area contributed by atoms with Gasteiger partial charge in [-0.25, -0.2) is 0 Å². The highest BCUT2D eigenvalue weighted by Crippen LogP contribution is 2.36. The minimum absolute atomic E-state index is 1.13. The molecule has 5 aromatic rings. The van der Waals surface area contributed by atoms with E-state index in [1.807, 2.05) is 0 Å². The first-order valence-corrected chi connectivity index (χ1v) is 14.3. The highest BCUT2D eigenvalue weighted by molar-refractivity contribution is 5.80. The fraction of sp³-hybridized carbons (Fsp3) is 0.150. The summed E-state index contributed by atoms with van der Waals surface area (Å²) in [6.45, 7) is 13.0. The van der Waals surface area contributed by atoms with Crippen molar-refractivity contribution in [2.45, 2.75) is 41.5 Å². The number of nitrogens with zero attached hydrogens (tertiary/aromatic N) is 1. The van der Waals surface area contributed by atoms with Gasteiger partial charge in [0.1, 0.15) is 0 Å². The second-order valence-corrected chi connectivity index (χ2v) is 11.1. The van der Waals surface area contributed by atoms with E-state index in [4.69, 9.17) is 0 Å². The molecule has 5 aromatic carbocycles. The predicted octanol–water partition coefficient (Wildman–Crippen LogP) is 11.3. The number of benzene rings is 5. The molecular weight excluding hydrogens is 494 g/mol. The van der Waals surface area contributed by atoms with Crippen molar-refractivity contribution in [3.63, 3.8) is 0 Å². The van der Waals surface area contributed by atoms with Gasteiger partial charge in [-0.1, -0.05) is 91.0 Å². The smallest absolute Gasteiger partial charge is 0.0464 e. The van der Waals surface area contributed by atoms with E-state index < -0.39 is 0 Å². The summed E-state index contributed by atoms with van der Waals surface area (Å²) in [5.41, 5.74) is 16.1. The average Bonchev–Trinajstić information content (AvgIpc) is 2.97. The molecule has 0 aliphatic rings. The summed E-state index contributed by atoms with van der Waals surface area (Å²) in [5.74, 6) is 0. The van der Waals surface area contributed by atoms with Crippen molar-refractivity contribution in [2.24, 2.45) is 0 Å². The van der Waals surface area contributed by atoms with Crippen LogP contribution in [0.15, 0.2) is 103 Å². The Morgan fingerprint density at radius 2 is 0.634 bits per heavy atom. The molecule has 204 valence electrons. The van der Waals surface area contributed by atoms with E-state index in [1.54, 1.807) is 0 Å². The fourth-order valence-corrected chi connectivity index (χ4v) is 4.90. The molecule has 0 aliphatic heterocycles. The number of aryl methyl sites for hydroxylation is 6. The maximum absolute atomic E-state index is 2.33. The second kappa shape index (κ2) is 12.3. The lowest BCUT2D eigenvalue weighted by Crippen LogP contribution is -2.10. The van der Waals surface area contributed by atoms with E-state index in [1.165, 1.54) is 55.6 Å². The number of rotatable bonds is 7. The highest BCUT2D eigenvalue weighted by atomic mass is 15.1. The average molecular weight is 534 g/mol. The van der Waals surface area contributed by atoms with Gasteiger partial charge in [0.25, 0.3) is 0 Å². The Morgan fingerprint density at radius 3 is 1.02 bits per heavy atom. The van der Waals surface area contributed by atoms with Crippen LogP contribution >= 0.6 is 0 Å². The number of hydrogen-bond donors (Lipinski definition) is 0. The van der Waals surface area contributed by atoms with Crippen LogP contribution in [0.25, 0.3) is 24.3 Å². The third-order valence-electron chi connectivity index (χ3n) is 8.05. The van der Waals surface area contributed by atoms with Crippen LogP contribution < -0.4 is 4.90 Å². The molecule has 0 saturated heterocycles. The zero-order chi connectivity index (χ0) is 28.9. The summed E-state index contributed by atoms with van der Waals surface area (Å²) < 4.78 is 0. The molecule has 0 amide bonds. The van der Waals surface area contributed by atoms with Gasteiger partial charge in [0.2, 0.25) is 0 Å². The Morgan fingerprint density at radius 1 is 0.317 bits per heavy atom. The van der Waals surface area contributed by atoms with Gasteiger partial charge in [-0.2, -0.15) is 0 Å². The normalized spacial score (nSPS) is 11.5. The molecule has 1 nitrogen and oxygen atoms in total. The van der Waals surface area contributed by atoms with Crippen LogP contribution in [0.2, 0.25) is 0 Å². The van der Waals surface area contributed by atoms with Gasteiger partial charge >= 0.3 is 0 Å². The van der Waals surface area contributed by atoms with Crippen LogP contribution in [0.1, 0.15) is 55.6 Å². The number of anilines is 3. The molecule has 0 saturated carbocycles. The molecule has 5 rings (SSSR count). The Labute approximate surface area is 246 Å². The minimum Gasteiger partial charge on any atom is -0.310 e. The van der Waals surface area contributed by atoms with Crippen LogP contribution in [-0.4, -0.2) is 0 Å². The standard InChI is InChI=1S/C40H39N/c1-28-7-10-36(25-31(28)4)14-12-34-16-21-38(22-17-34)41(40-20-9-30(3)33(6)27-40)39-23-18-35(19-24-39)13-15-37-11-8-29(2)32(5)26-37/h7-27H,1-6H3/b14-12+,15-13+. The number of hydrogen-bond acceptors (Lipinski definition) is 1. The topological polar surface area (TPSA) is 3.24 Å². The summed E-state index contributed by atoms with van der Waals surface area (Å²) >= 11 is 0. The third kappa shape index (κ3) is 6.76. The molecule has 0 bridgehead atoms. The molecule has 0 fully saturated rings. The van der Waals surface area contributed by atoms with E-state index in [9.17, 15) is 0 Å². The van der Waals surface area contributed by atoms with Gasteiger partial charge < -0.3 is 4.90 Å². The largest absolute Gasteiger partial charge is 0.310 e. The molecule has 0 radical (unpaired) electrons. The summed E-state index contributed by atoms with van der Waals surface area (Å²) in [5, 5.41) is 0. The van der Waals surface area contributed by atoms with Crippen LogP contribution in [0.5, 0.6) is 0 Å². The van der Waals surface area contributed by atoms with Gasteiger partial charge in [0.15, 0.2) is 0 Å². The van der Waals surface area contributed by atoms with Crippen LogP contribution in [-0.2, 0) is 0 Å². The first kappa shape index (κ1) is 27.9. The molecule has 0 aliphatic carbocycles. The van der Waals surface area contributed by atoms with E-state index in [-0.39, 0.29) is 0 Å². The van der Waals surface area contributed by atoms with E-state index in [0.29, 0.717) is 0 Å². The fourth-order valence-electron chi connectivity index (χ4n) is 4.90. The van der Waals surface area contributed by atoms with Gasteiger partial charge in [0.05, 0.1) is 0 Å². The quantitative estimate of drug-likeness (QED) is 0.188. The first-order valence-electron chi connectivity index (χ1n) is 14.3. The molecule has 41 heavy (non-hydrogen) atoms. The van der Waals surface area contributed by atoms with E-state index in [2.05, 4.69) is 174 Å². The van der Waals surface area contributed by atoms with Crippen molar-refractivity contribution < 1.29 is 0 Å². The monoisotopic (exact) mass is 533 g/mol. The second-order valence-electron chi connectivity index (χ2n) is 11.1. The van der Waals surface area contributed by atoms with E-state index >= 15 is 0 Å². The van der Waals surface area contributed by atoms with Crippen molar-refractivity contribution >= 4 is 41.4 Å². The van der Waals surface area contributed by atoms with Gasteiger partial charge in [-0.3, -0.25) is 0 Å². The lowest BCUT2D eigenvalue weighted by molar-refractivity contribution is 1.25. The Balaban J connectivity index is 1.43. The van der Waals surface area contributed by atoms with Crippen molar-refractivity contribution in [3.8, 4) is 0 Å². The molecule has 0 unspecified atom stereocenters. The van der Waals surface area contributed by atoms with Crippen LogP contribution in [0.4, 0.5) is 17.1 Å². The van der Waals surface area contributed by atoms with Crippen molar-refractivity contribution in [1.29, 1.82) is 0 Å². The lowest BCUT2D eigenvalue weighted by Gasteiger charge is -2.26. The van der Waals surface area contributed by atoms with Gasteiger partial charge in [-0.05, 0) is 134 Å². The van der Waals surface area contributed by atoms with Gasteiger partial charge in [0, 0.05) is 17.1 Å². The van der Waals surface area contributed by atoms with Gasteiger partial charge in [-0.15, -0.1) is 0 Å². The summed E-state index contributed by atoms with van der Waals surface area (Å²) in [7, 11) is 0. The minimum atomic E-state index is 1.13. The molecule has 0 heterocycles. The SMILES string of the molecule is Cc1ccc(/C=C/c2ccc(N(c3ccc(/C=C/c4ccc(C)c(C)c4)cc3)c3ccc(C)c(C)c3)cc2)cc1C. The first-order chi connectivity index (χ1) is 19.8. The molecule has 1 heteroatoms. The zero-order valence-electron chi connectivity index (χ0n) is 25.1. The maximum Gasteiger partial charge on any atom is 0.0464 e. The van der Waals surface area contributed by atoms with Crippen molar-refractivity contribution in [1.82, 2.24) is 0 Å². The Bertz CT molecular complexity index is 1610. The summed E-state index contributed by atoms with van der Waals surface area (Å²) in [4.78, 5) is 2.33. The molecule has 0 spiro atoms. The Kier molecular flexibility index (Phi) is 8.36. The summed E-state index contributed by atoms with van der Waals surface area (Å²) in [6, 6.07) is 37.5. The predicted molar refractivity (Wildman–Crippen MR) is 180 cm³/mol. The van der Waals surface area contributed by atoms with Crippen molar-refractivity contribution in [3.05, 3.63) is 159 Å². The third-order valence-corrected chi connectivity index (χ3v) is 8.05. The molecular formula is C40H39N. The van der Waals surface area contributed by atoms with Crippen molar-refractivity contribution in [2.75, 3.05) is 4.90 Å². The van der Waals surface area contributed by atoms with Crippen LogP contribution in [0.3, 0.4) is 0 Å². The maximum atomic E-state index is 2.33. The van der Waals surface area contributed by atoms with Crippen LogP contribution in [0, 0.1) is 41.5 Å². The molecule has 0 atom stereocenters. The molecule has 0 N–H and O–H groups in total. The molecule has 0 aromatic heterocycles. The lowest BCUT2D eigenvalue weighted by atomic mass is 10.0. The zero-order valence-corrected chi connectivity index (χ0v) is 25.1. The van der Waals surface area contributed by atoms with E-state index in [0.717, 1.165) is 17.1 Å². The summed E-state index contributed by atoms with van der Waals surface area (Å²) in [6.07, 6.45) is 8.75. The highest BCUT2D eigenvalue weighted by Gasteiger charge is 2.13. The Hall–Kier alpha value is -4.62.